The van der Waals surface area contributed by atoms with Gasteiger partial charge in [0.05, 0.1) is 6.04 Å². The maximum Gasteiger partial charge on any atom is 0.326 e. The fraction of sp³-hybridized carbons (Fsp3) is 0.369. The van der Waals surface area contributed by atoms with Gasteiger partial charge in [-0.2, -0.15) is 0 Å². The Morgan fingerprint density at radius 2 is 0.774 bits per heavy atom. The maximum absolute atomic E-state index is 15.3. The highest BCUT2D eigenvalue weighted by Gasteiger charge is 2.36. The van der Waals surface area contributed by atoms with Crippen LogP contribution in [-0.2, 0) is 68.8 Å². The molecule has 0 radical (unpaired) electrons. The Bertz CT molecular complexity index is 3800. The highest BCUT2D eigenvalue weighted by atomic mass is 16.4. The summed E-state index contributed by atoms with van der Waals surface area (Å²) in [6, 6.07) is 19.7. The van der Waals surface area contributed by atoms with Crippen molar-refractivity contribution in [2.75, 3.05) is 13.1 Å². The summed E-state index contributed by atoms with van der Waals surface area (Å²) in [5, 5.41) is 31.9. The number of H-pyrrole nitrogens is 3. The van der Waals surface area contributed by atoms with Crippen molar-refractivity contribution in [1.29, 1.82) is 0 Å². The molecule has 8 atom stereocenters. The molecule has 0 bridgehead atoms. The van der Waals surface area contributed by atoms with Gasteiger partial charge in [0, 0.05) is 96.5 Å². The Labute approximate surface area is 536 Å². The third-order valence-corrected chi connectivity index (χ3v) is 15.6. The summed E-state index contributed by atoms with van der Waals surface area (Å²) in [5.74, 6) is -8.30. The van der Waals surface area contributed by atoms with Crippen molar-refractivity contribution in [2.24, 2.45) is 50.3 Å². The molecule has 0 aliphatic rings. The Morgan fingerprint density at radius 3 is 1.17 bits per heavy atom. The number of benzene rings is 4. The highest BCUT2D eigenvalue weighted by Crippen LogP contribution is 2.23. The lowest BCUT2D eigenvalue weighted by molar-refractivity contribution is -0.142. The standard InChI is InChI=1S/C65H84N18O10/c1-36(2)28-50(58(87)81-54(32-40-35-76-47-21-11-8-18-43(40)47)62(91)83-52(30-38-33-74-45-19-9-6-16-41(38)45)60(89)78-49(63(92)93)23-13-27-73-65(70)71)79-61(90)53(31-39-34-75-46-20-10-7-17-42(39)46)82-59(88)51(29-37-14-4-3-5-15-37)80-57(86)48(22-12-26-72-64(68)69)77-56(85)44(66)24-25-55(67)84/h3-11,14-21,33-36,44,48-54,74-76H,12-13,22-32,66H2,1-2H3,(H2,67,84)(H,77,85)(H,78,89)(H,79,90)(H,80,86)(H,81,87)(H,82,88)(H,83,91)(H,92,93)(H4,68,69,72)(H4,70,71,73)/t44-,48-,49-,50-,51-,52-,53-,54-/m0/s1. The average Bonchev–Trinajstić information content (AvgIpc) is 1.80. The van der Waals surface area contributed by atoms with Crippen LogP contribution in [0.2, 0.25) is 0 Å². The zero-order chi connectivity index (χ0) is 67.1. The number of hydrogen-bond acceptors (Lipinski definition) is 12. The molecule has 7 rings (SSSR count). The number of primary amides is 1. The van der Waals surface area contributed by atoms with Crippen LogP contribution < -0.4 is 71.6 Å². The molecule has 0 aliphatic heterocycles. The van der Waals surface area contributed by atoms with Crippen molar-refractivity contribution in [3.05, 3.63) is 144 Å². The number of nitrogens with one attached hydrogen (secondary N) is 10. The first kappa shape index (κ1) is 69.7. The summed E-state index contributed by atoms with van der Waals surface area (Å²) < 4.78 is 0. The molecule has 0 saturated carbocycles. The van der Waals surface area contributed by atoms with Gasteiger partial charge in [-0.3, -0.25) is 48.3 Å². The number of carboxylic acid groups (broad SMARTS) is 1. The first-order chi connectivity index (χ1) is 44.5. The van der Waals surface area contributed by atoms with Gasteiger partial charge in [-0.1, -0.05) is 98.8 Å². The molecule has 28 heteroatoms. The summed E-state index contributed by atoms with van der Waals surface area (Å²) >= 11 is 0. The number of aromatic nitrogens is 3. The molecule has 0 unspecified atom stereocenters. The summed E-state index contributed by atoms with van der Waals surface area (Å²) in [7, 11) is 0. The minimum absolute atomic E-state index is 0.0211. The van der Waals surface area contributed by atoms with Gasteiger partial charge in [-0.05, 0) is 84.9 Å². The zero-order valence-electron chi connectivity index (χ0n) is 51.9. The van der Waals surface area contributed by atoms with Gasteiger partial charge in [0.2, 0.25) is 47.3 Å². The number of amides is 8. The SMILES string of the molecule is CC(C)C[C@H](NC(=O)[C@H](Cc1c[nH]c2ccccc12)NC(=O)[C@H](Cc1ccccc1)NC(=O)[C@H](CCCN=C(N)N)NC(=O)[C@@H](N)CCC(N)=O)C(=O)N[C@@H](Cc1c[nH]c2ccccc12)C(=O)N[C@@H](Cc1c[nH]c2ccccc12)C(=O)N[C@@H](CCCN=C(N)N)C(=O)O. The van der Waals surface area contributed by atoms with E-state index in [4.69, 9.17) is 34.4 Å². The van der Waals surface area contributed by atoms with E-state index in [1.165, 1.54) is 0 Å². The van der Waals surface area contributed by atoms with Gasteiger partial charge in [0.15, 0.2) is 11.9 Å². The quantitative estimate of drug-likeness (QED) is 0.0146. The van der Waals surface area contributed by atoms with E-state index in [9.17, 15) is 29.1 Å². The summed E-state index contributed by atoms with van der Waals surface area (Å²) in [5.41, 5.74) is 38.1. The largest absolute Gasteiger partial charge is 0.480 e. The Hall–Kier alpha value is -10.8. The Balaban J connectivity index is 1.20. The first-order valence-corrected chi connectivity index (χ1v) is 30.7. The van der Waals surface area contributed by atoms with Crippen molar-refractivity contribution in [2.45, 2.75) is 133 Å². The molecule has 4 aromatic carbocycles. The molecule has 28 nitrogen and oxygen atoms in total. The topological polar surface area (TPSA) is 486 Å². The number of hydrogen-bond donors (Lipinski definition) is 17. The second-order valence-electron chi connectivity index (χ2n) is 23.3. The van der Waals surface area contributed by atoms with Gasteiger partial charge < -0.3 is 91.7 Å². The fourth-order valence-corrected chi connectivity index (χ4v) is 10.8. The third kappa shape index (κ3) is 20.9. The molecule has 0 saturated heterocycles. The number of fused-ring (bicyclic) bond motifs is 3. The molecule has 7 aromatic rings. The number of carbonyl (C=O) groups is 9. The molecule has 0 fully saturated rings. The van der Waals surface area contributed by atoms with Gasteiger partial charge >= 0.3 is 5.97 Å². The molecule has 0 spiro atoms. The van der Waals surface area contributed by atoms with Crippen molar-refractivity contribution in [1.82, 2.24) is 52.2 Å². The van der Waals surface area contributed by atoms with Crippen LogP contribution in [0.15, 0.2) is 132 Å². The molecule has 494 valence electrons. The monoisotopic (exact) mass is 1280 g/mol. The molecule has 3 heterocycles. The molecular weight excluding hydrogens is 1190 g/mol. The number of carbonyl (C=O) groups excluding carboxylic acids is 8. The predicted molar refractivity (Wildman–Crippen MR) is 353 cm³/mol. The van der Waals surface area contributed by atoms with E-state index in [0.29, 0.717) is 22.3 Å². The van der Waals surface area contributed by atoms with Crippen molar-refractivity contribution in [3.8, 4) is 0 Å². The lowest BCUT2D eigenvalue weighted by Crippen LogP contribution is -2.61. The van der Waals surface area contributed by atoms with E-state index in [-0.39, 0.29) is 102 Å². The van der Waals surface area contributed by atoms with Crippen LogP contribution in [0.5, 0.6) is 0 Å². The first-order valence-electron chi connectivity index (χ1n) is 30.7. The molecule has 3 aromatic heterocycles. The lowest BCUT2D eigenvalue weighted by atomic mass is 9.98. The number of guanidine groups is 2. The van der Waals surface area contributed by atoms with E-state index in [2.05, 4.69) is 62.2 Å². The molecule has 23 N–H and O–H groups in total. The smallest absolute Gasteiger partial charge is 0.326 e. The number of rotatable bonds is 36. The predicted octanol–water partition coefficient (Wildman–Crippen LogP) is 0.625. The van der Waals surface area contributed by atoms with E-state index in [1.54, 1.807) is 48.9 Å². The summed E-state index contributed by atoms with van der Waals surface area (Å²) in [4.78, 5) is 145. The fourth-order valence-electron chi connectivity index (χ4n) is 10.8. The lowest BCUT2D eigenvalue weighted by Gasteiger charge is -2.28. The number of carboxylic acids is 1. The van der Waals surface area contributed by atoms with Crippen LogP contribution in [0.4, 0.5) is 0 Å². The zero-order valence-corrected chi connectivity index (χ0v) is 51.9. The number of nitrogens with two attached hydrogens (primary N) is 6. The van der Waals surface area contributed by atoms with Gasteiger partial charge in [0.1, 0.15) is 42.3 Å². The number of nitrogens with zero attached hydrogens (tertiary/aromatic N) is 2. The average molecular weight is 1280 g/mol. The van der Waals surface area contributed by atoms with E-state index >= 15 is 19.2 Å². The van der Waals surface area contributed by atoms with E-state index < -0.39 is 102 Å². The normalized spacial score (nSPS) is 13.8. The summed E-state index contributed by atoms with van der Waals surface area (Å²) in [6.45, 7) is 3.83. The highest BCUT2D eigenvalue weighted by molar-refractivity contribution is 5.99. The Morgan fingerprint density at radius 1 is 0.430 bits per heavy atom. The van der Waals surface area contributed by atoms with Crippen LogP contribution >= 0.6 is 0 Å². The number of aliphatic imine (C=N–C) groups is 2. The number of aromatic amines is 3. The maximum atomic E-state index is 15.3. The van der Waals surface area contributed by atoms with Crippen molar-refractivity contribution in [3.63, 3.8) is 0 Å². The second kappa shape index (κ2) is 33.9. The van der Waals surface area contributed by atoms with Crippen LogP contribution in [0, 0.1) is 5.92 Å². The minimum atomic E-state index is -1.44. The van der Waals surface area contributed by atoms with Crippen LogP contribution in [0.1, 0.15) is 81.0 Å². The van der Waals surface area contributed by atoms with Crippen LogP contribution in [-0.4, -0.2) is 147 Å². The molecular formula is C65H84N18O10. The molecule has 0 aliphatic carbocycles. The van der Waals surface area contributed by atoms with Gasteiger partial charge in [0.25, 0.3) is 0 Å². The Kier molecular flexibility index (Phi) is 25.4. The van der Waals surface area contributed by atoms with Crippen LogP contribution in [0.25, 0.3) is 32.7 Å². The third-order valence-electron chi connectivity index (χ3n) is 15.6. The second-order valence-corrected chi connectivity index (χ2v) is 23.3. The summed E-state index contributed by atoms with van der Waals surface area (Å²) in [6.07, 6.45) is 4.60. The van der Waals surface area contributed by atoms with Crippen LogP contribution in [0.3, 0.4) is 0 Å². The van der Waals surface area contributed by atoms with E-state index in [0.717, 1.165) is 32.7 Å². The van der Waals surface area contributed by atoms with Gasteiger partial charge in [-0.25, -0.2) is 4.79 Å². The van der Waals surface area contributed by atoms with Crippen molar-refractivity contribution < 1.29 is 48.3 Å². The number of para-hydroxylation sites is 3. The van der Waals surface area contributed by atoms with Gasteiger partial charge in [-0.15, -0.1) is 0 Å². The molecule has 93 heavy (non-hydrogen) atoms. The molecule has 8 amide bonds. The van der Waals surface area contributed by atoms with Crippen molar-refractivity contribution >= 4 is 97.9 Å². The van der Waals surface area contributed by atoms with E-state index in [1.807, 2.05) is 86.6 Å². The number of aliphatic carboxylic acids is 1. The minimum Gasteiger partial charge on any atom is -0.480 e.